The number of benzene rings is 4. The lowest BCUT2D eigenvalue weighted by Crippen LogP contribution is -2.55. The minimum atomic E-state index is -4.18. The Labute approximate surface area is 291 Å². The number of amides is 2. The molecule has 0 saturated heterocycles. The molecule has 9 heteroatoms. The lowest BCUT2D eigenvalue weighted by atomic mass is 9.94. The van der Waals surface area contributed by atoms with E-state index >= 15 is 0 Å². The molecule has 49 heavy (non-hydrogen) atoms. The van der Waals surface area contributed by atoms with Gasteiger partial charge in [0.25, 0.3) is 10.0 Å². The van der Waals surface area contributed by atoms with Crippen molar-refractivity contribution in [3.63, 3.8) is 0 Å². The van der Waals surface area contributed by atoms with Crippen molar-refractivity contribution in [2.45, 2.75) is 82.8 Å². The molecule has 4 aromatic carbocycles. The van der Waals surface area contributed by atoms with Gasteiger partial charge in [0.05, 0.1) is 17.7 Å². The maximum atomic E-state index is 14.9. The zero-order chi connectivity index (χ0) is 35.0. The van der Waals surface area contributed by atoms with E-state index in [0.29, 0.717) is 17.0 Å². The molecule has 2 amide bonds. The molecule has 0 spiro atoms. The number of sulfonamides is 1. The van der Waals surface area contributed by atoms with Gasteiger partial charge in [-0.05, 0) is 86.2 Å². The van der Waals surface area contributed by atoms with Crippen molar-refractivity contribution in [2.24, 2.45) is 0 Å². The number of nitrogens with one attached hydrogen (secondary N) is 1. The number of nitrogens with zero attached hydrogens (tertiary/aromatic N) is 2. The second kappa shape index (κ2) is 16.2. The highest BCUT2D eigenvalue weighted by atomic mass is 32.2. The molecule has 258 valence electrons. The van der Waals surface area contributed by atoms with Crippen LogP contribution in [0.15, 0.2) is 102 Å². The molecule has 1 aliphatic rings. The first-order chi connectivity index (χ1) is 23.5. The second-order valence-electron chi connectivity index (χ2n) is 13.0. The van der Waals surface area contributed by atoms with Gasteiger partial charge in [-0.3, -0.25) is 13.9 Å². The Bertz CT molecular complexity index is 1840. The molecular weight excluding hydrogens is 635 g/mol. The maximum absolute atomic E-state index is 14.9. The van der Waals surface area contributed by atoms with Crippen molar-refractivity contribution in [3.8, 4) is 5.75 Å². The Morgan fingerprint density at radius 2 is 1.49 bits per heavy atom. The van der Waals surface area contributed by atoms with Crippen LogP contribution in [-0.4, -0.2) is 50.9 Å². The molecule has 1 atom stereocenters. The van der Waals surface area contributed by atoms with Crippen molar-refractivity contribution < 1.29 is 22.7 Å². The fourth-order valence-corrected chi connectivity index (χ4v) is 7.88. The zero-order valence-electron chi connectivity index (χ0n) is 28.9. The van der Waals surface area contributed by atoms with Gasteiger partial charge in [0.15, 0.2) is 0 Å². The van der Waals surface area contributed by atoms with Gasteiger partial charge in [-0.1, -0.05) is 91.6 Å². The Kier molecular flexibility index (Phi) is 11.8. The Morgan fingerprint density at radius 1 is 0.816 bits per heavy atom. The van der Waals surface area contributed by atoms with E-state index in [1.807, 2.05) is 87.5 Å². The molecular formula is C40H47N3O5S. The first-order valence-corrected chi connectivity index (χ1v) is 18.4. The van der Waals surface area contributed by atoms with Crippen molar-refractivity contribution >= 4 is 27.5 Å². The number of hydrogen-bond acceptors (Lipinski definition) is 5. The van der Waals surface area contributed by atoms with E-state index in [4.69, 9.17) is 4.74 Å². The predicted molar refractivity (Wildman–Crippen MR) is 194 cm³/mol. The number of hydrogen-bond donors (Lipinski definition) is 1. The SMILES string of the molecule is COc1cccc(CN(C(=O)CN(c2cc(C)ccc2C)S(=O)(=O)c2ccc(C)cc2)[C@@H](Cc2ccccc2)C(=O)NC2CCCCC2)c1. The van der Waals surface area contributed by atoms with Crippen molar-refractivity contribution in [3.05, 3.63) is 125 Å². The van der Waals surface area contributed by atoms with Crippen LogP contribution in [0, 0.1) is 20.8 Å². The summed E-state index contributed by atoms with van der Waals surface area (Å²) in [6.45, 7) is 5.20. The van der Waals surface area contributed by atoms with Gasteiger partial charge in [0.2, 0.25) is 11.8 Å². The Hall–Kier alpha value is -4.63. The summed E-state index contributed by atoms with van der Waals surface area (Å²) in [5.74, 6) is -0.110. The topological polar surface area (TPSA) is 96.0 Å². The van der Waals surface area contributed by atoms with Crippen LogP contribution in [0.5, 0.6) is 5.75 Å². The Balaban J connectivity index is 1.59. The molecule has 4 aromatic rings. The molecule has 0 radical (unpaired) electrons. The summed E-state index contributed by atoms with van der Waals surface area (Å²) in [6.07, 6.45) is 5.28. The van der Waals surface area contributed by atoms with E-state index in [-0.39, 0.29) is 29.8 Å². The van der Waals surface area contributed by atoms with Crippen LogP contribution in [0.4, 0.5) is 5.69 Å². The molecule has 0 aromatic heterocycles. The third kappa shape index (κ3) is 9.09. The fourth-order valence-electron chi connectivity index (χ4n) is 6.40. The summed E-state index contributed by atoms with van der Waals surface area (Å²) in [6, 6.07) is 28.3. The van der Waals surface area contributed by atoms with Crippen LogP contribution in [0.25, 0.3) is 0 Å². The average molecular weight is 682 g/mol. The van der Waals surface area contributed by atoms with Gasteiger partial charge >= 0.3 is 0 Å². The fraction of sp³-hybridized carbons (Fsp3) is 0.350. The number of carbonyl (C=O) groups excluding carboxylic acids is 2. The van der Waals surface area contributed by atoms with E-state index in [2.05, 4.69) is 5.32 Å². The van der Waals surface area contributed by atoms with E-state index in [9.17, 15) is 18.0 Å². The third-order valence-electron chi connectivity index (χ3n) is 9.23. The summed E-state index contributed by atoms with van der Waals surface area (Å²) in [5.41, 5.74) is 4.57. The number of rotatable bonds is 13. The van der Waals surface area contributed by atoms with Gasteiger partial charge in [-0.25, -0.2) is 8.42 Å². The molecule has 0 heterocycles. The molecule has 1 saturated carbocycles. The lowest BCUT2D eigenvalue weighted by molar-refractivity contribution is -0.140. The highest BCUT2D eigenvalue weighted by molar-refractivity contribution is 7.92. The zero-order valence-corrected chi connectivity index (χ0v) is 29.7. The predicted octanol–water partition coefficient (Wildman–Crippen LogP) is 6.90. The van der Waals surface area contributed by atoms with E-state index in [0.717, 1.165) is 54.4 Å². The van der Waals surface area contributed by atoms with Crippen LogP contribution in [0.2, 0.25) is 0 Å². The van der Waals surface area contributed by atoms with Gasteiger partial charge in [0, 0.05) is 19.0 Å². The lowest BCUT2D eigenvalue weighted by Gasteiger charge is -2.35. The number of anilines is 1. The average Bonchev–Trinajstić information content (AvgIpc) is 3.10. The summed E-state index contributed by atoms with van der Waals surface area (Å²) in [4.78, 5) is 30.8. The molecule has 0 unspecified atom stereocenters. The minimum absolute atomic E-state index is 0.0293. The van der Waals surface area contributed by atoms with Crippen LogP contribution < -0.4 is 14.4 Å². The molecule has 1 fully saturated rings. The van der Waals surface area contributed by atoms with E-state index in [1.165, 1.54) is 4.31 Å². The minimum Gasteiger partial charge on any atom is -0.497 e. The maximum Gasteiger partial charge on any atom is 0.264 e. The smallest absolute Gasteiger partial charge is 0.264 e. The van der Waals surface area contributed by atoms with Crippen LogP contribution in [-0.2, 0) is 32.6 Å². The first-order valence-electron chi connectivity index (χ1n) is 17.0. The highest BCUT2D eigenvalue weighted by Crippen LogP contribution is 2.29. The summed E-state index contributed by atoms with van der Waals surface area (Å²) >= 11 is 0. The molecule has 1 aliphatic carbocycles. The molecule has 0 bridgehead atoms. The molecule has 1 N–H and O–H groups in total. The molecule has 0 aliphatic heterocycles. The number of ether oxygens (including phenoxy) is 1. The van der Waals surface area contributed by atoms with Crippen molar-refractivity contribution in [1.82, 2.24) is 10.2 Å². The van der Waals surface area contributed by atoms with Crippen LogP contribution >= 0.6 is 0 Å². The number of aryl methyl sites for hydroxylation is 3. The molecule has 5 rings (SSSR count). The van der Waals surface area contributed by atoms with Crippen LogP contribution in [0.1, 0.15) is 59.9 Å². The van der Waals surface area contributed by atoms with E-state index in [1.54, 1.807) is 42.3 Å². The summed E-state index contributed by atoms with van der Waals surface area (Å²) < 4.78 is 35.5. The quantitative estimate of drug-likeness (QED) is 0.166. The monoisotopic (exact) mass is 681 g/mol. The Morgan fingerprint density at radius 3 is 2.18 bits per heavy atom. The van der Waals surface area contributed by atoms with Gasteiger partial charge in [-0.2, -0.15) is 0 Å². The molecule has 8 nitrogen and oxygen atoms in total. The first kappa shape index (κ1) is 35.7. The van der Waals surface area contributed by atoms with Gasteiger partial charge < -0.3 is 15.0 Å². The van der Waals surface area contributed by atoms with Crippen molar-refractivity contribution in [1.29, 1.82) is 0 Å². The standard InChI is InChI=1S/C40H47N3O5S/c1-29-19-22-36(23-20-29)49(46,47)43(37-24-30(2)18-21-31(37)3)28-39(44)42(27-33-14-11-17-35(25-33)48-4)38(26-32-12-7-5-8-13-32)40(45)41-34-15-9-6-10-16-34/h5,7-8,11-14,17-25,34,38H,6,9-10,15-16,26-28H2,1-4H3,(H,41,45)/t38-/m0/s1. The number of carbonyl (C=O) groups is 2. The van der Waals surface area contributed by atoms with Crippen LogP contribution in [0.3, 0.4) is 0 Å². The van der Waals surface area contributed by atoms with Gasteiger partial charge in [0.1, 0.15) is 18.3 Å². The second-order valence-corrected chi connectivity index (χ2v) is 14.9. The van der Waals surface area contributed by atoms with Crippen molar-refractivity contribution in [2.75, 3.05) is 18.0 Å². The highest BCUT2D eigenvalue weighted by Gasteiger charge is 2.36. The number of methoxy groups -OCH3 is 1. The van der Waals surface area contributed by atoms with E-state index < -0.39 is 28.5 Å². The summed E-state index contributed by atoms with van der Waals surface area (Å²) in [5, 5.41) is 3.26. The normalized spacial score (nSPS) is 14.1. The largest absolute Gasteiger partial charge is 0.497 e. The third-order valence-corrected chi connectivity index (χ3v) is 11.0. The van der Waals surface area contributed by atoms with Gasteiger partial charge in [-0.15, -0.1) is 0 Å². The summed E-state index contributed by atoms with van der Waals surface area (Å²) in [7, 11) is -2.61.